The number of likely N-dealkylation sites (tertiary alicyclic amines) is 1. The largest absolute Gasteiger partial charge is 0.298 e. The van der Waals surface area contributed by atoms with E-state index in [4.69, 9.17) is 0 Å². The van der Waals surface area contributed by atoms with Gasteiger partial charge in [-0.25, -0.2) is 0 Å². The van der Waals surface area contributed by atoms with Crippen LogP contribution in [0.1, 0.15) is 28.5 Å². The number of aryl methyl sites for hydroxylation is 1. The van der Waals surface area contributed by atoms with E-state index in [1.54, 1.807) is 0 Å². The van der Waals surface area contributed by atoms with Gasteiger partial charge in [-0.1, -0.05) is 0 Å². The third kappa shape index (κ3) is 2.28. The SMILES string of the molecule is Cc1ccsc1CN1CCC(c2ccn[nH]2)C1. The fourth-order valence-electron chi connectivity index (χ4n) is 2.49. The van der Waals surface area contributed by atoms with Crippen molar-refractivity contribution in [3.8, 4) is 0 Å². The maximum Gasteiger partial charge on any atom is 0.0490 e. The molecule has 3 heterocycles. The number of thiophene rings is 1. The van der Waals surface area contributed by atoms with Crippen LogP contribution in [0.3, 0.4) is 0 Å². The van der Waals surface area contributed by atoms with Gasteiger partial charge < -0.3 is 0 Å². The van der Waals surface area contributed by atoms with E-state index in [2.05, 4.69) is 39.5 Å². The van der Waals surface area contributed by atoms with E-state index in [-0.39, 0.29) is 0 Å². The van der Waals surface area contributed by atoms with Crippen LogP contribution in [-0.4, -0.2) is 28.2 Å². The number of rotatable bonds is 3. The van der Waals surface area contributed by atoms with Gasteiger partial charge in [0.15, 0.2) is 0 Å². The van der Waals surface area contributed by atoms with Crippen molar-refractivity contribution in [2.24, 2.45) is 0 Å². The normalized spacial score (nSPS) is 21.1. The van der Waals surface area contributed by atoms with Gasteiger partial charge in [0.2, 0.25) is 0 Å². The van der Waals surface area contributed by atoms with E-state index in [1.807, 2.05) is 17.5 Å². The Bertz CT molecular complexity index is 475. The number of nitrogens with zero attached hydrogens (tertiary/aromatic N) is 2. The summed E-state index contributed by atoms with van der Waals surface area (Å²) in [5, 5.41) is 9.32. The summed E-state index contributed by atoms with van der Waals surface area (Å²) in [4.78, 5) is 4.06. The molecule has 0 saturated carbocycles. The zero-order valence-corrected chi connectivity index (χ0v) is 10.8. The molecule has 0 aliphatic carbocycles. The molecule has 1 atom stereocenters. The number of aromatic amines is 1. The lowest BCUT2D eigenvalue weighted by molar-refractivity contribution is 0.328. The molecule has 1 N–H and O–H groups in total. The number of hydrogen-bond acceptors (Lipinski definition) is 3. The minimum atomic E-state index is 0.637. The molecule has 3 rings (SSSR count). The molecule has 17 heavy (non-hydrogen) atoms. The van der Waals surface area contributed by atoms with Crippen LogP contribution in [0.2, 0.25) is 0 Å². The molecular formula is C13H17N3S. The van der Waals surface area contributed by atoms with Gasteiger partial charge in [0.25, 0.3) is 0 Å². The second-order valence-corrected chi connectivity index (χ2v) is 5.76. The highest BCUT2D eigenvalue weighted by molar-refractivity contribution is 7.10. The van der Waals surface area contributed by atoms with Crippen molar-refractivity contribution >= 4 is 11.3 Å². The molecule has 0 bridgehead atoms. The molecular weight excluding hydrogens is 230 g/mol. The van der Waals surface area contributed by atoms with Crippen molar-refractivity contribution in [2.45, 2.75) is 25.8 Å². The van der Waals surface area contributed by atoms with E-state index in [0.717, 1.165) is 13.1 Å². The molecule has 1 saturated heterocycles. The van der Waals surface area contributed by atoms with Gasteiger partial charge in [-0.15, -0.1) is 11.3 Å². The molecule has 1 aliphatic rings. The fourth-order valence-corrected chi connectivity index (χ4v) is 3.44. The van der Waals surface area contributed by atoms with E-state index >= 15 is 0 Å². The maximum atomic E-state index is 4.04. The van der Waals surface area contributed by atoms with Crippen LogP contribution in [0, 0.1) is 6.92 Å². The summed E-state index contributed by atoms with van der Waals surface area (Å²) in [6.07, 6.45) is 3.09. The predicted octanol–water partition coefficient (Wildman–Crippen LogP) is 2.77. The second-order valence-electron chi connectivity index (χ2n) is 4.76. The van der Waals surface area contributed by atoms with Gasteiger partial charge in [0.05, 0.1) is 0 Å². The molecule has 2 aromatic rings. The van der Waals surface area contributed by atoms with Crippen LogP contribution in [0.5, 0.6) is 0 Å². The third-order valence-electron chi connectivity index (χ3n) is 3.57. The standard InChI is InChI=1S/C13H17N3S/c1-10-4-7-17-13(10)9-16-6-3-11(8-16)12-2-5-14-15-12/h2,4-5,7,11H,3,6,8-9H2,1H3,(H,14,15). The van der Waals surface area contributed by atoms with Gasteiger partial charge in [0, 0.05) is 35.8 Å². The topological polar surface area (TPSA) is 31.9 Å². The summed E-state index contributed by atoms with van der Waals surface area (Å²) in [6.45, 7) is 5.66. The summed E-state index contributed by atoms with van der Waals surface area (Å²) >= 11 is 1.87. The Kier molecular flexibility index (Phi) is 2.99. The lowest BCUT2D eigenvalue weighted by Crippen LogP contribution is -2.19. The van der Waals surface area contributed by atoms with Crippen LogP contribution in [0.25, 0.3) is 0 Å². The summed E-state index contributed by atoms with van der Waals surface area (Å²) in [6, 6.07) is 4.31. The highest BCUT2D eigenvalue weighted by Crippen LogP contribution is 2.28. The summed E-state index contributed by atoms with van der Waals surface area (Å²) in [5.74, 6) is 0.637. The Morgan fingerprint density at radius 1 is 1.53 bits per heavy atom. The molecule has 0 aromatic carbocycles. The van der Waals surface area contributed by atoms with Crippen LogP contribution in [0.15, 0.2) is 23.7 Å². The van der Waals surface area contributed by atoms with Gasteiger partial charge in [-0.2, -0.15) is 5.10 Å². The van der Waals surface area contributed by atoms with Crippen molar-refractivity contribution in [3.63, 3.8) is 0 Å². The molecule has 1 aliphatic heterocycles. The fraction of sp³-hybridized carbons (Fsp3) is 0.462. The van der Waals surface area contributed by atoms with Crippen molar-refractivity contribution in [1.29, 1.82) is 0 Å². The van der Waals surface area contributed by atoms with Crippen LogP contribution < -0.4 is 0 Å². The first-order chi connectivity index (χ1) is 8.33. The monoisotopic (exact) mass is 247 g/mol. The number of nitrogens with one attached hydrogen (secondary N) is 1. The smallest absolute Gasteiger partial charge is 0.0490 e. The summed E-state index contributed by atoms with van der Waals surface area (Å²) < 4.78 is 0. The lowest BCUT2D eigenvalue weighted by atomic mass is 10.1. The van der Waals surface area contributed by atoms with Gasteiger partial charge in [0.1, 0.15) is 0 Å². The first kappa shape index (κ1) is 11.0. The average Bonchev–Trinajstić information content (AvgIpc) is 3.02. The van der Waals surface area contributed by atoms with E-state index in [0.29, 0.717) is 5.92 Å². The van der Waals surface area contributed by atoms with Crippen molar-refractivity contribution < 1.29 is 0 Å². The van der Waals surface area contributed by atoms with E-state index in [1.165, 1.54) is 29.1 Å². The Labute approximate surface area is 105 Å². The van der Waals surface area contributed by atoms with Crippen LogP contribution in [0.4, 0.5) is 0 Å². The van der Waals surface area contributed by atoms with Gasteiger partial charge >= 0.3 is 0 Å². The molecule has 0 radical (unpaired) electrons. The van der Waals surface area contributed by atoms with Gasteiger partial charge in [-0.3, -0.25) is 10.00 Å². The van der Waals surface area contributed by atoms with Crippen LogP contribution in [-0.2, 0) is 6.54 Å². The molecule has 0 amide bonds. The molecule has 3 nitrogen and oxygen atoms in total. The summed E-state index contributed by atoms with van der Waals surface area (Å²) in [7, 11) is 0. The number of aromatic nitrogens is 2. The molecule has 2 aromatic heterocycles. The average molecular weight is 247 g/mol. The highest BCUT2D eigenvalue weighted by atomic mass is 32.1. The first-order valence-electron chi connectivity index (χ1n) is 6.07. The van der Waals surface area contributed by atoms with Crippen molar-refractivity contribution in [1.82, 2.24) is 15.1 Å². The first-order valence-corrected chi connectivity index (χ1v) is 6.95. The Balaban J connectivity index is 1.63. The minimum absolute atomic E-state index is 0.637. The predicted molar refractivity (Wildman–Crippen MR) is 70.3 cm³/mol. The minimum Gasteiger partial charge on any atom is -0.298 e. The van der Waals surface area contributed by atoms with E-state index < -0.39 is 0 Å². The number of H-pyrrole nitrogens is 1. The Hall–Kier alpha value is -1.13. The molecule has 4 heteroatoms. The Morgan fingerprint density at radius 2 is 2.47 bits per heavy atom. The quantitative estimate of drug-likeness (QED) is 0.904. The highest BCUT2D eigenvalue weighted by Gasteiger charge is 2.25. The molecule has 90 valence electrons. The summed E-state index contributed by atoms with van der Waals surface area (Å²) in [5.41, 5.74) is 2.72. The van der Waals surface area contributed by atoms with Crippen molar-refractivity contribution in [2.75, 3.05) is 13.1 Å². The number of hydrogen-bond donors (Lipinski definition) is 1. The van der Waals surface area contributed by atoms with E-state index in [9.17, 15) is 0 Å². The van der Waals surface area contributed by atoms with Gasteiger partial charge in [-0.05, 0) is 43.0 Å². The Morgan fingerprint density at radius 3 is 3.18 bits per heavy atom. The third-order valence-corrected chi connectivity index (χ3v) is 4.58. The molecule has 1 fully saturated rings. The second kappa shape index (κ2) is 4.63. The molecule has 1 unspecified atom stereocenters. The molecule has 0 spiro atoms. The lowest BCUT2D eigenvalue weighted by Gasteiger charge is -2.15. The van der Waals surface area contributed by atoms with Crippen LogP contribution >= 0.6 is 11.3 Å². The zero-order chi connectivity index (χ0) is 11.7. The van der Waals surface area contributed by atoms with Crippen molar-refractivity contribution in [3.05, 3.63) is 39.8 Å². The maximum absolute atomic E-state index is 4.04. The zero-order valence-electron chi connectivity index (χ0n) is 10.0.